The predicted octanol–water partition coefficient (Wildman–Crippen LogP) is 2.77. The van der Waals surface area contributed by atoms with Crippen molar-refractivity contribution in [2.24, 2.45) is 5.92 Å². The second-order valence-corrected chi connectivity index (χ2v) is 6.63. The molecular weight excluding hydrogens is 187 g/mol. The fraction of sp³-hybridized carbons (Fsp3) is 0.778. The molecule has 0 aromatic carbocycles. The van der Waals surface area contributed by atoms with Gasteiger partial charge < -0.3 is 0 Å². The lowest BCUT2D eigenvalue weighted by molar-refractivity contribution is 0.556. The maximum Gasteiger partial charge on any atom is 0.0624 e. The first kappa shape index (κ1) is 12.3. The Hall–Kier alpha value is -0.740. The van der Waals surface area contributed by atoms with Crippen molar-refractivity contribution in [3.63, 3.8) is 0 Å². The first-order valence-corrected chi connectivity index (χ1v) is 6.66. The highest BCUT2D eigenvalue weighted by Gasteiger charge is 2.17. The number of rotatable bonds is 5. The minimum atomic E-state index is -2.04. The van der Waals surface area contributed by atoms with Crippen LogP contribution >= 0.6 is 10.4 Å². The summed E-state index contributed by atoms with van der Waals surface area (Å²) < 4.78 is 13.3. The highest BCUT2D eigenvalue weighted by atomic mass is 32.3. The average molecular weight is 202 g/mol. The molecule has 0 fully saturated rings. The minimum Gasteiger partial charge on any atom is -0.198 e. The molecule has 1 atom stereocenters. The van der Waals surface area contributed by atoms with E-state index in [1.807, 2.05) is 12.1 Å². The number of hydrogen-bond donors (Lipinski definition) is 0. The quantitative estimate of drug-likeness (QED) is 0.688. The lowest BCUT2D eigenvalue weighted by Gasteiger charge is -2.24. The molecule has 1 unspecified atom stereocenters. The molecule has 4 heteroatoms. The molecule has 13 heavy (non-hydrogen) atoms. The Morgan fingerprint density at radius 1 is 1.31 bits per heavy atom. The summed E-state index contributed by atoms with van der Waals surface area (Å²) in [6.07, 6.45) is 4.60. The van der Waals surface area contributed by atoms with Crippen molar-refractivity contribution in [1.82, 2.24) is 0 Å². The maximum atomic E-state index is 13.3. The smallest absolute Gasteiger partial charge is 0.0624 e. The van der Waals surface area contributed by atoms with E-state index < -0.39 is 10.4 Å². The summed E-state index contributed by atoms with van der Waals surface area (Å²) in [6, 6.07) is 4.06. The summed E-state index contributed by atoms with van der Waals surface area (Å²) in [5, 5.41) is 16.8. The van der Waals surface area contributed by atoms with Crippen molar-refractivity contribution >= 4 is 10.4 Å². The number of hydrogen-bond acceptors (Lipinski definition) is 2. The van der Waals surface area contributed by atoms with Gasteiger partial charge in [0, 0.05) is 18.6 Å². The largest absolute Gasteiger partial charge is 0.198 e. The molecule has 0 N–H and O–H groups in total. The monoisotopic (exact) mass is 202 g/mol. The third-order valence-electron chi connectivity index (χ3n) is 1.68. The van der Waals surface area contributed by atoms with Crippen LogP contribution in [0.2, 0.25) is 0 Å². The molecule has 2 nitrogen and oxygen atoms in total. The molecule has 0 aliphatic rings. The van der Waals surface area contributed by atoms with Crippen LogP contribution in [0.5, 0.6) is 0 Å². The fourth-order valence-electron chi connectivity index (χ4n) is 1.20. The van der Waals surface area contributed by atoms with Gasteiger partial charge in [-0.1, -0.05) is 10.4 Å². The van der Waals surface area contributed by atoms with Crippen LogP contribution in [0.4, 0.5) is 3.89 Å². The van der Waals surface area contributed by atoms with Crippen LogP contribution < -0.4 is 0 Å². The summed E-state index contributed by atoms with van der Waals surface area (Å²) in [5.41, 5.74) is 0. The van der Waals surface area contributed by atoms with Crippen LogP contribution in [0.25, 0.3) is 0 Å². The minimum absolute atomic E-state index is 0.0552. The molecule has 0 saturated carbocycles. The van der Waals surface area contributed by atoms with Crippen molar-refractivity contribution in [3.05, 3.63) is 0 Å². The number of halogens is 1. The van der Waals surface area contributed by atoms with E-state index in [0.717, 1.165) is 0 Å². The Bertz CT molecular complexity index is 221. The van der Waals surface area contributed by atoms with E-state index in [-0.39, 0.29) is 5.92 Å². The Morgan fingerprint density at radius 3 is 2.31 bits per heavy atom. The van der Waals surface area contributed by atoms with Crippen molar-refractivity contribution in [2.45, 2.75) is 19.3 Å². The van der Waals surface area contributed by atoms with Gasteiger partial charge in [-0.25, -0.2) is 0 Å². The summed E-state index contributed by atoms with van der Waals surface area (Å²) in [4.78, 5) is 0. The molecule has 74 valence electrons. The van der Waals surface area contributed by atoms with E-state index in [4.69, 9.17) is 10.5 Å². The lowest BCUT2D eigenvalue weighted by atomic mass is 10.0. The second kappa shape index (κ2) is 5.83. The van der Waals surface area contributed by atoms with Gasteiger partial charge in [-0.3, -0.25) is 0 Å². The Kier molecular flexibility index (Phi) is 5.50. The highest BCUT2D eigenvalue weighted by Crippen LogP contribution is 2.44. The first-order valence-electron chi connectivity index (χ1n) is 4.14. The van der Waals surface area contributed by atoms with E-state index in [9.17, 15) is 3.89 Å². The molecule has 0 rings (SSSR count). The molecule has 0 aliphatic heterocycles. The van der Waals surface area contributed by atoms with Crippen molar-refractivity contribution in [2.75, 3.05) is 18.3 Å². The van der Waals surface area contributed by atoms with Crippen LogP contribution in [-0.2, 0) is 0 Å². The predicted molar refractivity (Wildman–Crippen MR) is 54.0 cm³/mol. The molecule has 0 saturated heterocycles. The molecule has 0 aliphatic carbocycles. The topological polar surface area (TPSA) is 47.6 Å². The molecule has 0 heterocycles. The van der Waals surface area contributed by atoms with Crippen molar-refractivity contribution < 1.29 is 3.89 Å². The van der Waals surface area contributed by atoms with Gasteiger partial charge in [-0.05, 0) is 24.9 Å². The van der Waals surface area contributed by atoms with Crippen LogP contribution in [0.15, 0.2) is 0 Å². The van der Waals surface area contributed by atoms with E-state index in [1.54, 1.807) is 12.5 Å². The van der Waals surface area contributed by atoms with Crippen LogP contribution in [0.1, 0.15) is 19.3 Å². The first-order chi connectivity index (χ1) is 5.99. The number of nitriles is 2. The Balaban J connectivity index is 3.97. The third-order valence-corrected chi connectivity index (χ3v) is 2.94. The van der Waals surface area contributed by atoms with E-state index in [0.29, 0.717) is 25.0 Å². The van der Waals surface area contributed by atoms with Gasteiger partial charge in [0.05, 0.1) is 12.1 Å². The summed E-state index contributed by atoms with van der Waals surface area (Å²) >= 11 is 0. The van der Waals surface area contributed by atoms with Crippen LogP contribution in [0, 0.1) is 28.6 Å². The van der Waals surface area contributed by atoms with Gasteiger partial charge in [0.15, 0.2) is 0 Å². The fourth-order valence-corrected chi connectivity index (χ4v) is 2.61. The van der Waals surface area contributed by atoms with Crippen molar-refractivity contribution in [3.8, 4) is 12.1 Å². The zero-order chi connectivity index (χ0) is 10.3. The number of nitrogens with zero attached hydrogens (tertiary/aromatic N) is 2. The summed E-state index contributed by atoms with van der Waals surface area (Å²) in [7, 11) is -2.04. The van der Waals surface area contributed by atoms with Gasteiger partial charge in [-0.15, -0.1) is 0 Å². The zero-order valence-corrected chi connectivity index (χ0v) is 8.90. The highest BCUT2D eigenvalue weighted by molar-refractivity contribution is 8.28. The zero-order valence-electron chi connectivity index (χ0n) is 8.09. The molecule has 0 amide bonds. The summed E-state index contributed by atoms with van der Waals surface area (Å²) in [5.74, 6) is 0.502. The summed E-state index contributed by atoms with van der Waals surface area (Å²) in [6.45, 7) is 0. The molecule has 0 bridgehead atoms. The van der Waals surface area contributed by atoms with E-state index in [2.05, 4.69) is 0 Å². The average Bonchev–Trinajstić information content (AvgIpc) is 1.98. The van der Waals surface area contributed by atoms with Gasteiger partial charge >= 0.3 is 0 Å². The van der Waals surface area contributed by atoms with Gasteiger partial charge in [0.2, 0.25) is 0 Å². The normalized spacial score (nSPS) is 14.2. The Labute approximate surface area is 81.0 Å². The van der Waals surface area contributed by atoms with Crippen molar-refractivity contribution in [1.29, 1.82) is 10.5 Å². The molecule has 0 spiro atoms. The van der Waals surface area contributed by atoms with E-state index in [1.165, 1.54) is 0 Å². The maximum absolute atomic E-state index is 13.3. The molecular formula is C9H15FN2S. The second-order valence-electron chi connectivity index (χ2n) is 3.50. The Morgan fingerprint density at radius 2 is 1.92 bits per heavy atom. The SMILES string of the molecule is CS(C)(F)CC(CC#N)CCC#N. The van der Waals surface area contributed by atoms with Gasteiger partial charge in [0.25, 0.3) is 0 Å². The van der Waals surface area contributed by atoms with Gasteiger partial charge in [0.1, 0.15) is 0 Å². The molecule has 0 aromatic rings. The molecule has 0 radical (unpaired) electrons. The molecule has 0 aromatic heterocycles. The van der Waals surface area contributed by atoms with Crippen LogP contribution in [-0.4, -0.2) is 18.3 Å². The third kappa shape index (κ3) is 7.62. The lowest BCUT2D eigenvalue weighted by Crippen LogP contribution is -2.09. The van der Waals surface area contributed by atoms with Crippen LogP contribution in [0.3, 0.4) is 0 Å². The standard InChI is InChI=1S/C9H15FN2S/c1-13(2,10)8-9(5-7-12)4-3-6-11/h9H,3-5,8H2,1-2H3. The van der Waals surface area contributed by atoms with E-state index >= 15 is 0 Å². The van der Waals surface area contributed by atoms with Gasteiger partial charge in [-0.2, -0.15) is 14.4 Å².